The van der Waals surface area contributed by atoms with E-state index in [1.165, 1.54) is 0 Å². The number of fused-ring (bicyclic) bond motifs is 1. The molecule has 0 spiro atoms. The molecule has 3 aromatic rings. The summed E-state index contributed by atoms with van der Waals surface area (Å²) in [7, 11) is 0. The Balaban J connectivity index is 1.64. The number of para-hydroxylation sites is 2. The molecule has 0 aliphatic heterocycles. The lowest BCUT2D eigenvalue weighted by molar-refractivity contribution is -0.139. The Bertz CT molecular complexity index is 1010. The first-order valence-corrected chi connectivity index (χ1v) is 8.77. The van der Waals surface area contributed by atoms with Gasteiger partial charge in [-0.2, -0.15) is 5.10 Å². The normalized spacial score (nSPS) is 11.4. The van der Waals surface area contributed by atoms with Crippen molar-refractivity contribution in [2.75, 3.05) is 6.61 Å². The Morgan fingerprint density at radius 2 is 1.93 bits per heavy atom. The number of nitrogens with zero attached hydrogens (tertiary/aromatic N) is 3. The third kappa shape index (κ3) is 4.73. The number of rotatable bonds is 8. The third-order valence-corrected chi connectivity index (χ3v) is 4.04. The number of carboxylic acids is 1. The average Bonchev–Trinajstić information content (AvgIpc) is 3.10. The molecule has 3 rings (SSSR count). The van der Waals surface area contributed by atoms with Crippen molar-refractivity contribution in [1.29, 1.82) is 0 Å². The van der Waals surface area contributed by atoms with Gasteiger partial charge in [-0.3, -0.25) is 4.79 Å². The molecule has 1 heterocycles. The molecule has 0 saturated carbocycles. The molecule has 2 aromatic carbocycles. The second kappa shape index (κ2) is 8.81. The monoisotopic (exact) mass is 380 g/mol. The Labute approximate surface area is 161 Å². The quantitative estimate of drug-likeness (QED) is 0.461. The van der Waals surface area contributed by atoms with Crippen LogP contribution in [-0.4, -0.2) is 38.9 Å². The topological polar surface area (TPSA) is 106 Å². The minimum absolute atomic E-state index is 0.114. The van der Waals surface area contributed by atoms with Crippen LogP contribution in [0.3, 0.4) is 0 Å². The molecule has 144 valence electrons. The second-order valence-electron chi connectivity index (χ2n) is 6.02. The number of benzene rings is 2. The van der Waals surface area contributed by atoms with E-state index in [1.807, 2.05) is 31.2 Å². The number of carbonyl (C=O) groups excluding carboxylic acids is 1. The first-order valence-electron chi connectivity index (χ1n) is 8.77. The van der Waals surface area contributed by atoms with Gasteiger partial charge in [0, 0.05) is 0 Å². The van der Waals surface area contributed by atoms with Gasteiger partial charge in [-0.05, 0) is 48.4 Å². The van der Waals surface area contributed by atoms with Gasteiger partial charge in [0.1, 0.15) is 12.3 Å². The van der Waals surface area contributed by atoms with Crippen LogP contribution < -0.4 is 10.2 Å². The van der Waals surface area contributed by atoms with Crippen LogP contribution in [0.1, 0.15) is 18.9 Å². The highest BCUT2D eigenvalue weighted by Gasteiger charge is 2.08. The first kappa shape index (κ1) is 19.1. The fourth-order valence-corrected chi connectivity index (χ4v) is 2.69. The summed E-state index contributed by atoms with van der Waals surface area (Å²) in [6, 6.07) is 14.5. The smallest absolute Gasteiger partial charge is 0.341 e. The molecule has 0 aliphatic rings. The van der Waals surface area contributed by atoms with E-state index in [1.54, 1.807) is 35.2 Å². The van der Waals surface area contributed by atoms with Crippen LogP contribution in [0.2, 0.25) is 0 Å². The van der Waals surface area contributed by atoms with E-state index in [4.69, 9.17) is 9.84 Å². The number of carbonyl (C=O) groups is 2. The highest BCUT2D eigenvalue weighted by molar-refractivity contribution is 6.01. The molecule has 1 aromatic heterocycles. The van der Waals surface area contributed by atoms with Crippen molar-refractivity contribution in [3.63, 3.8) is 0 Å². The fraction of sp³-hybridized carbons (Fsp3) is 0.200. The molecule has 0 aliphatic carbocycles. The van der Waals surface area contributed by atoms with Gasteiger partial charge in [0.2, 0.25) is 0 Å². The molecular weight excluding hydrogens is 360 g/mol. The van der Waals surface area contributed by atoms with Crippen molar-refractivity contribution < 1.29 is 19.4 Å². The molecule has 0 atom stereocenters. The number of amides is 1. The molecule has 0 bridgehead atoms. The number of nitrogens with one attached hydrogen (secondary N) is 1. The summed E-state index contributed by atoms with van der Waals surface area (Å²) in [5.74, 6) is -0.832. The van der Waals surface area contributed by atoms with Crippen molar-refractivity contribution in [2.45, 2.75) is 19.9 Å². The zero-order chi connectivity index (χ0) is 19.9. The van der Waals surface area contributed by atoms with Gasteiger partial charge in [-0.25, -0.2) is 15.2 Å². The summed E-state index contributed by atoms with van der Waals surface area (Å²) in [5.41, 5.74) is 5.82. The van der Waals surface area contributed by atoms with Gasteiger partial charge in [0.25, 0.3) is 5.91 Å². The molecule has 0 saturated heterocycles. The van der Waals surface area contributed by atoms with Crippen LogP contribution in [0.4, 0.5) is 0 Å². The van der Waals surface area contributed by atoms with Gasteiger partial charge in [0.15, 0.2) is 6.61 Å². The van der Waals surface area contributed by atoms with E-state index in [0.29, 0.717) is 17.9 Å². The number of hydrazone groups is 1. The Morgan fingerprint density at radius 3 is 2.64 bits per heavy atom. The highest BCUT2D eigenvalue weighted by Crippen LogP contribution is 2.14. The Hall–Kier alpha value is -3.68. The Kier molecular flexibility index (Phi) is 6.01. The van der Waals surface area contributed by atoms with Crippen LogP contribution in [0, 0.1) is 0 Å². The summed E-state index contributed by atoms with van der Waals surface area (Å²) in [6.45, 7) is 1.65. The lowest BCUT2D eigenvalue weighted by atomic mass is 10.1. The van der Waals surface area contributed by atoms with E-state index in [2.05, 4.69) is 15.5 Å². The van der Waals surface area contributed by atoms with Crippen LogP contribution in [-0.2, 0) is 16.1 Å². The number of carboxylic acid groups (broad SMARTS) is 1. The largest absolute Gasteiger partial charge is 0.482 e. The van der Waals surface area contributed by atoms with E-state index < -0.39 is 12.6 Å². The molecule has 8 nitrogen and oxygen atoms in total. The first-order chi connectivity index (χ1) is 13.6. The van der Waals surface area contributed by atoms with Gasteiger partial charge < -0.3 is 14.4 Å². The lowest BCUT2D eigenvalue weighted by Gasteiger charge is -2.08. The van der Waals surface area contributed by atoms with Crippen LogP contribution in [0.5, 0.6) is 5.75 Å². The fourth-order valence-electron chi connectivity index (χ4n) is 2.69. The number of aliphatic carboxylic acids is 1. The third-order valence-electron chi connectivity index (χ3n) is 4.04. The van der Waals surface area contributed by atoms with Crippen molar-refractivity contribution in [3.8, 4) is 5.75 Å². The van der Waals surface area contributed by atoms with Crippen molar-refractivity contribution >= 4 is 28.6 Å². The molecular formula is C20H20N4O4. The zero-order valence-corrected chi connectivity index (χ0v) is 15.3. The lowest BCUT2D eigenvalue weighted by Crippen LogP contribution is -2.24. The maximum absolute atomic E-state index is 12.3. The molecule has 2 N–H and O–H groups in total. The zero-order valence-electron chi connectivity index (χ0n) is 15.3. The van der Waals surface area contributed by atoms with Crippen molar-refractivity contribution in [3.05, 3.63) is 60.4 Å². The number of imidazole rings is 1. The molecule has 28 heavy (non-hydrogen) atoms. The Morgan fingerprint density at radius 1 is 1.18 bits per heavy atom. The molecule has 0 fully saturated rings. The van der Waals surface area contributed by atoms with Gasteiger partial charge in [0.05, 0.1) is 23.1 Å². The van der Waals surface area contributed by atoms with E-state index in [-0.39, 0.29) is 12.5 Å². The highest BCUT2D eigenvalue weighted by atomic mass is 16.5. The van der Waals surface area contributed by atoms with Gasteiger partial charge in [-0.1, -0.05) is 19.1 Å². The maximum atomic E-state index is 12.3. The summed E-state index contributed by atoms with van der Waals surface area (Å²) >= 11 is 0. The van der Waals surface area contributed by atoms with Crippen LogP contribution in [0.15, 0.2) is 60.0 Å². The van der Waals surface area contributed by atoms with Gasteiger partial charge >= 0.3 is 5.97 Å². The molecule has 0 radical (unpaired) electrons. The van der Waals surface area contributed by atoms with E-state index in [0.717, 1.165) is 16.6 Å². The SMILES string of the molecule is CC/C(=N/NC(=O)Cn1cnc2ccccc21)c1ccc(OCC(=O)O)cc1. The van der Waals surface area contributed by atoms with E-state index in [9.17, 15) is 9.59 Å². The molecule has 1 amide bonds. The summed E-state index contributed by atoms with van der Waals surface area (Å²) in [6.07, 6.45) is 2.24. The second-order valence-corrected chi connectivity index (χ2v) is 6.02. The minimum Gasteiger partial charge on any atom is -0.482 e. The van der Waals surface area contributed by atoms with Crippen LogP contribution in [0.25, 0.3) is 11.0 Å². The average molecular weight is 380 g/mol. The predicted octanol–water partition coefficient (Wildman–Crippen LogP) is 2.43. The van der Waals surface area contributed by atoms with E-state index >= 15 is 0 Å². The maximum Gasteiger partial charge on any atom is 0.341 e. The van der Waals surface area contributed by atoms with Crippen LogP contribution >= 0.6 is 0 Å². The summed E-state index contributed by atoms with van der Waals surface area (Å²) in [4.78, 5) is 27.1. The summed E-state index contributed by atoms with van der Waals surface area (Å²) in [5, 5.41) is 12.9. The number of ether oxygens (including phenoxy) is 1. The molecule has 8 heteroatoms. The number of hydrogen-bond donors (Lipinski definition) is 2. The molecule has 0 unspecified atom stereocenters. The van der Waals surface area contributed by atoms with Gasteiger partial charge in [-0.15, -0.1) is 0 Å². The predicted molar refractivity (Wildman–Crippen MR) is 104 cm³/mol. The summed E-state index contributed by atoms with van der Waals surface area (Å²) < 4.78 is 6.87. The number of hydrogen-bond acceptors (Lipinski definition) is 5. The van der Waals surface area contributed by atoms with Crippen molar-refractivity contribution in [1.82, 2.24) is 15.0 Å². The minimum atomic E-state index is -1.03. The van der Waals surface area contributed by atoms with Crippen molar-refractivity contribution in [2.24, 2.45) is 5.10 Å². The number of aromatic nitrogens is 2. The standard InChI is InChI=1S/C20H20N4O4/c1-2-16(14-7-9-15(10-8-14)28-12-20(26)27)22-23-19(25)11-24-13-21-17-5-3-4-6-18(17)24/h3-10,13H,2,11-12H2,1H3,(H,23,25)(H,26,27)/b22-16-.